The lowest BCUT2D eigenvalue weighted by molar-refractivity contribution is 0.100. The lowest BCUT2D eigenvalue weighted by Crippen LogP contribution is -2.40. The molecule has 1 aliphatic heterocycles. The van der Waals surface area contributed by atoms with Gasteiger partial charge in [0.1, 0.15) is 10.6 Å². The minimum Gasteiger partial charge on any atom is -0.378 e. The van der Waals surface area contributed by atoms with Crippen molar-refractivity contribution in [1.29, 1.82) is 0 Å². The van der Waals surface area contributed by atoms with Crippen molar-refractivity contribution in [2.24, 2.45) is 5.73 Å². The third-order valence-corrected chi connectivity index (χ3v) is 7.95. The van der Waals surface area contributed by atoms with Crippen LogP contribution < -0.4 is 21.3 Å². The molecule has 4 rings (SSSR count). The maximum absolute atomic E-state index is 12.6. The van der Waals surface area contributed by atoms with Gasteiger partial charge in [0, 0.05) is 49.9 Å². The summed E-state index contributed by atoms with van der Waals surface area (Å²) in [4.78, 5) is 33.2. The molecule has 1 fully saturated rings. The second kappa shape index (κ2) is 10.5. The molecule has 11 heteroatoms. The molecule has 0 spiro atoms. The van der Waals surface area contributed by atoms with Gasteiger partial charge in [-0.15, -0.1) is 22.7 Å². The van der Waals surface area contributed by atoms with E-state index in [4.69, 9.17) is 18.0 Å². The van der Waals surface area contributed by atoms with E-state index >= 15 is 0 Å². The largest absolute Gasteiger partial charge is 0.378 e. The van der Waals surface area contributed by atoms with Crippen LogP contribution in [0.1, 0.15) is 43.9 Å². The number of thiazole rings is 1. The van der Waals surface area contributed by atoms with Crippen LogP contribution in [-0.4, -0.2) is 54.0 Å². The second-order valence-corrected chi connectivity index (χ2v) is 10.4. The first kappa shape index (κ1) is 24.1. The van der Waals surface area contributed by atoms with Gasteiger partial charge in [-0.3, -0.25) is 9.59 Å². The lowest BCUT2D eigenvalue weighted by atomic mass is 9.98. The van der Waals surface area contributed by atoms with Gasteiger partial charge in [-0.2, -0.15) is 0 Å². The van der Waals surface area contributed by atoms with Crippen LogP contribution in [0.25, 0.3) is 0 Å². The quantitative estimate of drug-likeness (QED) is 0.424. The summed E-state index contributed by atoms with van der Waals surface area (Å²) < 4.78 is 0. The van der Waals surface area contributed by atoms with E-state index in [1.807, 2.05) is 26.2 Å². The number of thiophene rings is 1. The van der Waals surface area contributed by atoms with Crippen LogP contribution in [0.3, 0.4) is 0 Å². The fraction of sp³-hybridized carbons (Fsp3) is 0.304. The maximum atomic E-state index is 12.6. The predicted octanol–water partition coefficient (Wildman–Crippen LogP) is 4.20. The summed E-state index contributed by atoms with van der Waals surface area (Å²) in [6.07, 6.45) is 1.82. The molecule has 3 aromatic rings. The average molecular weight is 515 g/mol. The van der Waals surface area contributed by atoms with Crippen molar-refractivity contribution < 1.29 is 9.59 Å². The van der Waals surface area contributed by atoms with Crippen molar-refractivity contribution >= 4 is 68.9 Å². The molecule has 178 valence electrons. The zero-order valence-corrected chi connectivity index (χ0v) is 21.4. The van der Waals surface area contributed by atoms with E-state index in [-0.39, 0.29) is 11.8 Å². The molecular weight excluding hydrogens is 488 g/mol. The first-order chi connectivity index (χ1) is 16.3. The van der Waals surface area contributed by atoms with E-state index in [0.717, 1.165) is 47.4 Å². The van der Waals surface area contributed by atoms with Crippen LogP contribution in [0.5, 0.6) is 0 Å². The van der Waals surface area contributed by atoms with Gasteiger partial charge < -0.3 is 26.2 Å². The van der Waals surface area contributed by atoms with E-state index in [2.05, 4.69) is 37.6 Å². The Morgan fingerprint density at radius 3 is 2.47 bits per heavy atom. The van der Waals surface area contributed by atoms with E-state index in [0.29, 0.717) is 16.3 Å². The summed E-state index contributed by atoms with van der Waals surface area (Å²) in [5, 5.41) is 11.2. The van der Waals surface area contributed by atoms with Gasteiger partial charge in [0.15, 0.2) is 5.11 Å². The molecule has 4 N–H and O–H groups in total. The van der Waals surface area contributed by atoms with Crippen molar-refractivity contribution in [3.63, 3.8) is 0 Å². The third kappa shape index (κ3) is 5.54. The summed E-state index contributed by atoms with van der Waals surface area (Å²) in [7, 11) is 4.02. The fourth-order valence-electron chi connectivity index (χ4n) is 3.74. The topological polar surface area (TPSA) is 104 Å². The number of likely N-dealkylation sites (tertiary alicyclic amines) is 1. The number of aromatic nitrogens is 1. The third-order valence-electron chi connectivity index (χ3n) is 5.66. The monoisotopic (exact) mass is 514 g/mol. The highest BCUT2D eigenvalue weighted by Gasteiger charge is 2.25. The number of hydrogen-bond donors (Lipinski definition) is 3. The molecule has 0 aliphatic carbocycles. The van der Waals surface area contributed by atoms with Crippen molar-refractivity contribution in [2.45, 2.75) is 18.8 Å². The number of nitrogens with two attached hydrogens (primary N) is 1. The predicted molar refractivity (Wildman–Crippen MR) is 143 cm³/mol. The van der Waals surface area contributed by atoms with Gasteiger partial charge in [-0.05, 0) is 60.8 Å². The molecule has 2 aromatic heterocycles. The zero-order valence-electron chi connectivity index (χ0n) is 18.9. The Morgan fingerprint density at radius 1 is 1.12 bits per heavy atom. The minimum absolute atomic E-state index is 0.285. The lowest BCUT2D eigenvalue weighted by Gasteiger charge is -2.33. The van der Waals surface area contributed by atoms with Gasteiger partial charge in [0.25, 0.3) is 11.8 Å². The number of nitrogens with one attached hydrogen (secondary N) is 2. The molecule has 0 atom stereocenters. The number of benzene rings is 1. The summed E-state index contributed by atoms with van der Waals surface area (Å²) in [5.74, 6) is -0.618. The minimum atomic E-state index is -0.561. The molecule has 0 saturated carbocycles. The highest BCUT2D eigenvalue weighted by Crippen LogP contribution is 2.31. The molecule has 3 heterocycles. The summed E-state index contributed by atoms with van der Waals surface area (Å²) in [6.45, 7) is 1.65. The maximum Gasteiger partial charge on any atom is 0.275 e. The van der Waals surface area contributed by atoms with Crippen molar-refractivity contribution in [3.05, 3.63) is 56.7 Å². The van der Waals surface area contributed by atoms with E-state index in [9.17, 15) is 9.59 Å². The Balaban J connectivity index is 1.30. The molecule has 0 radical (unpaired) electrons. The van der Waals surface area contributed by atoms with Gasteiger partial charge in [0.05, 0.1) is 10.7 Å². The highest BCUT2D eigenvalue weighted by molar-refractivity contribution is 7.80. The number of anilines is 3. The van der Waals surface area contributed by atoms with Crippen LogP contribution in [0, 0.1) is 0 Å². The van der Waals surface area contributed by atoms with Gasteiger partial charge in [-0.25, -0.2) is 4.98 Å². The number of carbonyl (C=O) groups is 2. The SMILES string of the molecule is CN(C)c1ccc(NC(=S)N2CCC(c3nc(C(=O)Nc4ccsc4C(N)=O)cs3)CC2)cc1. The number of primary amides is 1. The Morgan fingerprint density at radius 2 is 1.82 bits per heavy atom. The second-order valence-electron chi connectivity index (χ2n) is 8.19. The highest BCUT2D eigenvalue weighted by atomic mass is 32.1. The molecule has 1 saturated heterocycles. The molecule has 2 amide bonds. The smallest absolute Gasteiger partial charge is 0.275 e. The number of amides is 2. The van der Waals surface area contributed by atoms with Crippen LogP contribution in [0.4, 0.5) is 17.1 Å². The summed E-state index contributed by atoms with van der Waals surface area (Å²) >= 11 is 8.31. The molecule has 1 aliphatic rings. The first-order valence-corrected chi connectivity index (χ1v) is 13.0. The Labute approximate surface area is 211 Å². The molecule has 34 heavy (non-hydrogen) atoms. The van der Waals surface area contributed by atoms with Gasteiger partial charge in [0.2, 0.25) is 0 Å². The molecule has 1 aromatic carbocycles. The number of carbonyl (C=O) groups excluding carboxylic acids is 2. The number of nitrogens with zero attached hydrogens (tertiary/aromatic N) is 3. The standard InChI is InChI=1S/C23H26N6O2S3/c1-28(2)16-5-3-15(4-6-16)25-23(32)29-10-7-14(8-11-29)22-27-18(13-34-22)21(31)26-17-9-12-33-19(17)20(24)30/h3-6,9,12-14H,7-8,10-11H2,1-2H3,(H2,24,30)(H,25,32)(H,26,31). The van der Waals surface area contributed by atoms with E-state index < -0.39 is 5.91 Å². The zero-order chi connectivity index (χ0) is 24.2. The van der Waals surface area contributed by atoms with Crippen LogP contribution >= 0.6 is 34.9 Å². The number of piperidine rings is 1. The van der Waals surface area contributed by atoms with Crippen molar-refractivity contribution in [3.8, 4) is 0 Å². The Hall–Kier alpha value is -3.02. The van der Waals surface area contributed by atoms with Crippen LogP contribution in [0.2, 0.25) is 0 Å². The Bertz CT molecular complexity index is 1180. The average Bonchev–Trinajstić information content (AvgIpc) is 3.49. The van der Waals surface area contributed by atoms with Gasteiger partial charge in [-0.1, -0.05) is 0 Å². The van der Waals surface area contributed by atoms with E-state index in [1.165, 1.54) is 22.7 Å². The van der Waals surface area contributed by atoms with Crippen LogP contribution in [-0.2, 0) is 0 Å². The van der Waals surface area contributed by atoms with Crippen molar-refractivity contribution in [1.82, 2.24) is 9.88 Å². The Kier molecular flexibility index (Phi) is 7.44. The number of hydrogen-bond acceptors (Lipinski definition) is 7. The number of rotatable bonds is 6. The molecule has 0 bridgehead atoms. The summed E-state index contributed by atoms with van der Waals surface area (Å²) in [5.41, 5.74) is 8.23. The van der Waals surface area contributed by atoms with Gasteiger partial charge >= 0.3 is 0 Å². The number of thiocarbonyl (C=S) groups is 1. The normalized spacial score (nSPS) is 14.0. The van der Waals surface area contributed by atoms with Crippen molar-refractivity contribution in [2.75, 3.05) is 42.7 Å². The summed E-state index contributed by atoms with van der Waals surface area (Å²) in [6, 6.07) is 9.83. The van der Waals surface area contributed by atoms with E-state index in [1.54, 1.807) is 16.8 Å². The molecular formula is C23H26N6O2S3. The first-order valence-electron chi connectivity index (χ1n) is 10.8. The van der Waals surface area contributed by atoms with Crippen LogP contribution in [0.15, 0.2) is 41.1 Å². The molecule has 8 nitrogen and oxygen atoms in total. The molecule has 0 unspecified atom stereocenters. The fourth-order valence-corrected chi connectivity index (χ4v) is 5.71.